The first kappa shape index (κ1) is 20.7. The number of hydrogen-bond acceptors (Lipinski definition) is 4. The highest BCUT2D eigenvalue weighted by atomic mass is 16.5. The van der Waals surface area contributed by atoms with E-state index in [2.05, 4.69) is 17.6 Å². The molecule has 2 N–H and O–H groups in total. The number of nitrogens with zero attached hydrogens (tertiary/aromatic N) is 1. The van der Waals surface area contributed by atoms with Gasteiger partial charge in [0, 0.05) is 18.8 Å². The molecule has 0 spiro atoms. The van der Waals surface area contributed by atoms with E-state index in [4.69, 9.17) is 4.74 Å². The molecule has 1 aliphatic heterocycles. The number of hydrogen-bond donors (Lipinski definition) is 2. The SMILES string of the molecule is CC(C)[C@H](NC(=O)Nc1ccccc1)C(=O)OCC(=O)N1CCC[C@@H](C)C1. The van der Waals surface area contributed by atoms with E-state index in [1.807, 2.05) is 19.9 Å². The summed E-state index contributed by atoms with van der Waals surface area (Å²) in [5, 5.41) is 5.30. The number of nitrogens with one attached hydrogen (secondary N) is 2. The zero-order valence-corrected chi connectivity index (χ0v) is 16.2. The van der Waals surface area contributed by atoms with Gasteiger partial charge in [-0.25, -0.2) is 9.59 Å². The maximum atomic E-state index is 12.4. The minimum absolute atomic E-state index is 0.177. The molecule has 0 aliphatic carbocycles. The number of anilines is 1. The standard InChI is InChI=1S/C20H29N3O4/c1-14(2)18(22-20(26)21-16-9-5-4-6-10-16)19(25)27-13-17(24)23-11-7-8-15(3)12-23/h4-6,9-10,14-15,18H,7-8,11-13H2,1-3H3,(H2,21,22,26)/t15-,18+/m1/s1. The molecule has 1 aromatic rings. The Balaban J connectivity index is 1.84. The van der Waals surface area contributed by atoms with Crippen LogP contribution in [0.25, 0.3) is 0 Å². The molecule has 0 aromatic heterocycles. The summed E-state index contributed by atoms with van der Waals surface area (Å²) in [5.41, 5.74) is 0.625. The third-order valence-corrected chi connectivity index (χ3v) is 4.59. The summed E-state index contributed by atoms with van der Waals surface area (Å²) in [5.74, 6) is -0.507. The highest BCUT2D eigenvalue weighted by molar-refractivity contribution is 5.93. The first-order valence-corrected chi connectivity index (χ1v) is 9.43. The van der Waals surface area contributed by atoms with Gasteiger partial charge in [-0.05, 0) is 36.8 Å². The molecular formula is C20H29N3O4. The van der Waals surface area contributed by atoms with Crippen molar-refractivity contribution in [2.75, 3.05) is 25.0 Å². The van der Waals surface area contributed by atoms with Gasteiger partial charge >= 0.3 is 12.0 Å². The number of piperidine rings is 1. The fourth-order valence-electron chi connectivity index (χ4n) is 3.06. The van der Waals surface area contributed by atoms with Gasteiger partial charge in [0.1, 0.15) is 6.04 Å². The van der Waals surface area contributed by atoms with Gasteiger partial charge in [0.25, 0.3) is 5.91 Å². The van der Waals surface area contributed by atoms with Crippen molar-refractivity contribution >= 4 is 23.6 Å². The average Bonchev–Trinajstić information content (AvgIpc) is 2.64. The molecule has 2 atom stereocenters. The van der Waals surface area contributed by atoms with Crippen LogP contribution in [0, 0.1) is 11.8 Å². The summed E-state index contributed by atoms with van der Waals surface area (Å²) in [4.78, 5) is 38.5. The van der Waals surface area contributed by atoms with Crippen LogP contribution in [0.15, 0.2) is 30.3 Å². The Kier molecular flexibility index (Phi) is 7.64. The van der Waals surface area contributed by atoms with E-state index < -0.39 is 18.0 Å². The van der Waals surface area contributed by atoms with Crippen molar-refractivity contribution in [3.8, 4) is 0 Å². The fraction of sp³-hybridized carbons (Fsp3) is 0.550. The molecule has 0 radical (unpaired) electrons. The third kappa shape index (κ3) is 6.58. The number of ether oxygens (including phenoxy) is 1. The molecule has 7 heteroatoms. The Labute approximate surface area is 160 Å². The Morgan fingerprint density at radius 2 is 1.93 bits per heavy atom. The van der Waals surface area contributed by atoms with E-state index in [0.717, 1.165) is 12.8 Å². The summed E-state index contributed by atoms with van der Waals surface area (Å²) < 4.78 is 5.19. The average molecular weight is 375 g/mol. The topological polar surface area (TPSA) is 87.7 Å². The lowest BCUT2D eigenvalue weighted by Gasteiger charge is -2.31. The molecule has 27 heavy (non-hydrogen) atoms. The van der Waals surface area contributed by atoms with Crippen LogP contribution in [0.4, 0.5) is 10.5 Å². The number of carbonyl (C=O) groups excluding carboxylic acids is 3. The van der Waals surface area contributed by atoms with Crippen LogP contribution >= 0.6 is 0 Å². The lowest BCUT2D eigenvalue weighted by molar-refractivity contribution is -0.155. The van der Waals surface area contributed by atoms with Crippen molar-refractivity contribution in [1.29, 1.82) is 0 Å². The summed E-state index contributed by atoms with van der Waals surface area (Å²) in [6.07, 6.45) is 2.08. The number of rotatable bonds is 6. The summed E-state index contributed by atoms with van der Waals surface area (Å²) in [6.45, 7) is 6.83. The second kappa shape index (κ2) is 9.94. The van der Waals surface area contributed by atoms with Crippen LogP contribution in [0.2, 0.25) is 0 Å². The summed E-state index contributed by atoms with van der Waals surface area (Å²) in [6, 6.07) is 7.63. The van der Waals surface area contributed by atoms with E-state index in [1.54, 1.807) is 29.2 Å². The lowest BCUT2D eigenvalue weighted by atomic mass is 10.0. The molecule has 1 aromatic carbocycles. The van der Waals surface area contributed by atoms with Gasteiger partial charge in [-0.1, -0.05) is 39.0 Å². The number of carbonyl (C=O) groups is 3. The molecule has 1 saturated heterocycles. The molecular weight excluding hydrogens is 346 g/mol. The van der Waals surface area contributed by atoms with Crippen molar-refractivity contribution < 1.29 is 19.1 Å². The summed E-state index contributed by atoms with van der Waals surface area (Å²) in [7, 11) is 0. The first-order valence-electron chi connectivity index (χ1n) is 9.43. The van der Waals surface area contributed by atoms with Crippen molar-refractivity contribution in [3.05, 3.63) is 30.3 Å². The molecule has 1 aliphatic rings. The second-order valence-corrected chi connectivity index (χ2v) is 7.38. The number of urea groups is 1. The number of likely N-dealkylation sites (tertiary alicyclic amines) is 1. The third-order valence-electron chi connectivity index (χ3n) is 4.59. The lowest BCUT2D eigenvalue weighted by Crippen LogP contribution is -2.48. The van der Waals surface area contributed by atoms with Gasteiger partial charge < -0.3 is 20.3 Å². The predicted molar refractivity (Wildman–Crippen MR) is 103 cm³/mol. The van der Waals surface area contributed by atoms with Gasteiger partial charge in [-0.3, -0.25) is 4.79 Å². The van der Waals surface area contributed by atoms with Crippen molar-refractivity contribution in [3.63, 3.8) is 0 Å². The minimum Gasteiger partial charge on any atom is -0.454 e. The number of amides is 3. The Morgan fingerprint density at radius 1 is 1.22 bits per heavy atom. The molecule has 0 unspecified atom stereocenters. The minimum atomic E-state index is -0.832. The van der Waals surface area contributed by atoms with Crippen LogP contribution in [-0.2, 0) is 14.3 Å². The zero-order valence-electron chi connectivity index (χ0n) is 16.2. The normalized spacial score (nSPS) is 17.9. The Bertz CT molecular complexity index is 648. The van der Waals surface area contributed by atoms with Gasteiger partial charge in [0.2, 0.25) is 0 Å². The van der Waals surface area contributed by atoms with Crippen LogP contribution in [0.1, 0.15) is 33.6 Å². The molecule has 1 heterocycles. The molecule has 3 amide bonds. The largest absolute Gasteiger partial charge is 0.454 e. The van der Waals surface area contributed by atoms with Crippen LogP contribution in [-0.4, -0.2) is 48.5 Å². The monoisotopic (exact) mass is 375 g/mol. The highest BCUT2D eigenvalue weighted by Crippen LogP contribution is 2.15. The van der Waals surface area contributed by atoms with Gasteiger partial charge in [0.15, 0.2) is 6.61 Å². The van der Waals surface area contributed by atoms with Gasteiger partial charge in [-0.15, -0.1) is 0 Å². The van der Waals surface area contributed by atoms with Crippen molar-refractivity contribution in [2.45, 2.75) is 39.7 Å². The van der Waals surface area contributed by atoms with E-state index in [-0.39, 0.29) is 18.4 Å². The smallest absolute Gasteiger partial charge is 0.329 e. The van der Waals surface area contributed by atoms with E-state index >= 15 is 0 Å². The zero-order chi connectivity index (χ0) is 19.8. The van der Waals surface area contributed by atoms with Crippen LogP contribution < -0.4 is 10.6 Å². The molecule has 0 saturated carbocycles. The fourth-order valence-corrected chi connectivity index (χ4v) is 3.06. The quantitative estimate of drug-likeness (QED) is 0.748. The van der Waals surface area contributed by atoms with E-state index in [0.29, 0.717) is 24.7 Å². The molecule has 7 nitrogen and oxygen atoms in total. The summed E-state index contributed by atoms with van der Waals surface area (Å²) >= 11 is 0. The molecule has 2 rings (SSSR count). The first-order chi connectivity index (χ1) is 12.9. The van der Waals surface area contributed by atoms with Crippen LogP contribution in [0.5, 0.6) is 0 Å². The van der Waals surface area contributed by atoms with E-state index in [9.17, 15) is 14.4 Å². The molecule has 148 valence electrons. The maximum absolute atomic E-state index is 12.4. The predicted octanol–water partition coefficient (Wildman–Crippen LogP) is 2.63. The number of para-hydroxylation sites is 1. The number of esters is 1. The van der Waals surface area contributed by atoms with Gasteiger partial charge in [-0.2, -0.15) is 0 Å². The second-order valence-electron chi connectivity index (χ2n) is 7.38. The maximum Gasteiger partial charge on any atom is 0.329 e. The Morgan fingerprint density at radius 3 is 2.56 bits per heavy atom. The van der Waals surface area contributed by atoms with Gasteiger partial charge in [0.05, 0.1) is 0 Å². The van der Waals surface area contributed by atoms with Crippen molar-refractivity contribution in [1.82, 2.24) is 10.2 Å². The van der Waals surface area contributed by atoms with E-state index in [1.165, 1.54) is 0 Å². The number of benzene rings is 1. The highest BCUT2D eigenvalue weighted by Gasteiger charge is 2.28. The Hall–Kier alpha value is -2.57. The van der Waals surface area contributed by atoms with Crippen molar-refractivity contribution in [2.24, 2.45) is 11.8 Å². The molecule has 1 fully saturated rings. The van der Waals surface area contributed by atoms with Crippen LogP contribution in [0.3, 0.4) is 0 Å². The molecule has 0 bridgehead atoms.